The molecule has 2 N–H and O–H groups in total. The van der Waals surface area contributed by atoms with Crippen LogP contribution >= 0.6 is 11.8 Å². The number of alkyl halides is 3. The quantitative estimate of drug-likeness (QED) is 0.852. The number of hydrogen-bond acceptors (Lipinski definition) is 4. The van der Waals surface area contributed by atoms with E-state index >= 15 is 0 Å². The summed E-state index contributed by atoms with van der Waals surface area (Å²) in [4.78, 5) is 14.7. The fourth-order valence-electron chi connectivity index (χ4n) is 1.30. The molecule has 0 aliphatic carbocycles. The van der Waals surface area contributed by atoms with Crippen molar-refractivity contribution in [1.82, 2.24) is 15.2 Å². The van der Waals surface area contributed by atoms with Crippen molar-refractivity contribution in [2.24, 2.45) is 0 Å². The first-order valence-corrected chi connectivity index (χ1v) is 6.39. The third kappa shape index (κ3) is 3.98. The minimum absolute atomic E-state index is 0.0979. The summed E-state index contributed by atoms with van der Waals surface area (Å²) in [5, 5.41) is 8.81. The maximum atomic E-state index is 12.1. The number of hydrogen-bond donors (Lipinski definition) is 2. The van der Waals surface area contributed by atoms with E-state index in [-0.39, 0.29) is 5.69 Å². The van der Waals surface area contributed by atoms with Gasteiger partial charge in [-0.05, 0) is 17.7 Å². The Kier molecular flexibility index (Phi) is 4.28. The number of thioether (sulfide) groups is 1. The Morgan fingerprint density at radius 2 is 2.00 bits per heavy atom. The summed E-state index contributed by atoms with van der Waals surface area (Å²) in [7, 11) is 0. The molecule has 0 radical (unpaired) electrons. The van der Waals surface area contributed by atoms with E-state index in [1.54, 1.807) is 17.4 Å². The van der Waals surface area contributed by atoms with Crippen molar-refractivity contribution in [3.8, 4) is 0 Å². The summed E-state index contributed by atoms with van der Waals surface area (Å²) in [5.41, 5.74) is 0.983. The van der Waals surface area contributed by atoms with Gasteiger partial charge in [0.1, 0.15) is 6.33 Å². The lowest BCUT2D eigenvalue weighted by atomic mass is 10.2. The summed E-state index contributed by atoms with van der Waals surface area (Å²) in [5.74, 6) is -1.40. The van der Waals surface area contributed by atoms with Crippen LogP contribution in [-0.4, -0.2) is 27.3 Å². The number of halogens is 3. The highest BCUT2D eigenvalue weighted by atomic mass is 32.2. The topological polar surface area (TPSA) is 70.7 Å². The maximum Gasteiger partial charge on any atom is 0.471 e. The fraction of sp³-hybridized carbons (Fsp3) is 0.182. The Bertz CT molecular complexity index is 568. The number of amides is 1. The van der Waals surface area contributed by atoms with E-state index < -0.39 is 12.1 Å². The smallest absolute Gasteiger partial charge is 0.318 e. The number of anilines is 1. The van der Waals surface area contributed by atoms with Crippen LogP contribution in [0.2, 0.25) is 0 Å². The molecule has 0 fully saturated rings. The van der Waals surface area contributed by atoms with Gasteiger partial charge in [-0.3, -0.25) is 9.89 Å². The molecule has 0 unspecified atom stereocenters. The van der Waals surface area contributed by atoms with Crippen molar-refractivity contribution in [3.63, 3.8) is 0 Å². The predicted octanol–water partition coefficient (Wildman–Crippen LogP) is 2.60. The first-order chi connectivity index (χ1) is 9.45. The standard InChI is InChI=1S/C11H9F3N4OS/c12-11(13,14)9(19)17-8-3-1-7(2-4-8)5-20-10-15-6-16-18-10/h1-4,6H,5H2,(H,17,19)(H,15,16,18). The van der Waals surface area contributed by atoms with Crippen molar-refractivity contribution < 1.29 is 18.0 Å². The van der Waals surface area contributed by atoms with Gasteiger partial charge in [-0.25, -0.2) is 4.98 Å². The highest BCUT2D eigenvalue weighted by Crippen LogP contribution is 2.21. The number of carbonyl (C=O) groups is 1. The number of H-pyrrole nitrogens is 1. The Morgan fingerprint density at radius 1 is 1.30 bits per heavy atom. The summed E-state index contributed by atoms with van der Waals surface area (Å²) in [6, 6.07) is 6.10. The van der Waals surface area contributed by atoms with Gasteiger partial charge in [0.25, 0.3) is 0 Å². The van der Waals surface area contributed by atoms with E-state index in [0.717, 1.165) is 5.56 Å². The number of aromatic nitrogens is 3. The van der Waals surface area contributed by atoms with Gasteiger partial charge >= 0.3 is 12.1 Å². The first-order valence-electron chi connectivity index (χ1n) is 5.40. The molecule has 0 bridgehead atoms. The van der Waals surface area contributed by atoms with Crippen molar-refractivity contribution >= 4 is 23.4 Å². The van der Waals surface area contributed by atoms with Crippen LogP contribution in [-0.2, 0) is 10.5 Å². The lowest BCUT2D eigenvalue weighted by molar-refractivity contribution is -0.167. The van der Waals surface area contributed by atoms with Gasteiger partial charge in [-0.15, -0.1) is 0 Å². The van der Waals surface area contributed by atoms with E-state index in [1.807, 2.05) is 0 Å². The molecular weight excluding hydrogens is 293 g/mol. The summed E-state index contributed by atoms with van der Waals surface area (Å²) < 4.78 is 36.2. The average molecular weight is 302 g/mol. The van der Waals surface area contributed by atoms with Gasteiger partial charge < -0.3 is 5.32 Å². The van der Waals surface area contributed by atoms with Crippen LogP contribution in [0.1, 0.15) is 5.56 Å². The number of rotatable bonds is 4. The van der Waals surface area contributed by atoms with Gasteiger partial charge in [0.05, 0.1) is 0 Å². The van der Waals surface area contributed by atoms with Crippen LogP contribution in [0.25, 0.3) is 0 Å². The van der Waals surface area contributed by atoms with Crippen LogP contribution in [0, 0.1) is 0 Å². The van der Waals surface area contributed by atoms with Crippen LogP contribution in [0.15, 0.2) is 35.7 Å². The molecule has 0 aliphatic heterocycles. The maximum absolute atomic E-state index is 12.1. The Labute approximate surface area is 116 Å². The van der Waals surface area contributed by atoms with E-state index in [1.165, 1.54) is 30.2 Å². The third-order valence-corrected chi connectivity index (χ3v) is 3.19. The van der Waals surface area contributed by atoms with Gasteiger partial charge in [0, 0.05) is 11.4 Å². The highest BCUT2D eigenvalue weighted by molar-refractivity contribution is 7.98. The van der Waals surface area contributed by atoms with E-state index in [0.29, 0.717) is 10.9 Å². The predicted molar refractivity (Wildman–Crippen MR) is 67.1 cm³/mol. The van der Waals surface area contributed by atoms with Gasteiger partial charge in [-0.1, -0.05) is 23.9 Å². The second-order valence-electron chi connectivity index (χ2n) is 3.73. The zero-order valence-corrected chi connectivity index (χ0v) is 10.8. The van der Waals surface area contributed by atoms with E-state index in [2.05, 4.69) is 15.2 Å². The molecular formula is C11H9F3N4OS. The molecule has 0 saturated heterocycles. The highest BCUT2D eigenvalue weighted by Gasteiger charge is 2.38. The Morgan fingerprint density at radius 3 is 2.55 bits per heavy atom. The van der Waals surface area contributed by atoms with Crippen LogP contribution in [0.3, 0.4) is 0 Å². The first kappa shape index (κ1) is 14.4. The number of benzene rings is 1. The summed E-state index contributed by atoms with van der Waals surface area (Å²) in [6.07, 6.45) is -3.50. The zero-order chi connectivity index (χ0) is 14.6. The molecule has 1 amide bonds. The SMILES string of the molecule is O=C(Nc1ccc(CSc2ncn[nH]2)cc1)C(F)(F)F. The molecule has 0 saturated carbocycles. The molecule has 9 heteroatoms. The molecule has 1 aromatic heterocycles. The largest absolute Gasteiger partial charge is 0.471 e. The molecule has 20 heavy (non-hydrogen) atoms. The Balaban J connectivity index is 1.91. The van der Waals surface area contributed by atoms with Crippen LogP contribution in [0.5, 0.6) is 0 Å². The molecule has 5 nitrogen and oxygen atoms in total. The zero-order valence-electron chi connectivity index (χ0n) is 9.94. The second-order valence-corrected chi connectivity index (χ2v) is 4.69. The molecule has 1 heterocycles. The summed E-state index contributed by atoms with van der Waals surface area (Å²) in [6.45, 7) is 0. The van der Waals surface area contributed by atoms with Crippen LogP contribution in [0.4, 0.5) is 18.9 Å². The lowest BCUT2D eigenvalue weighted by Crippen LogP contribution is -2.29. The van der Waals surface area contributed by atoms with E-state index in [9.17, 15) is 18.0 Å². The van der Waals surface area contributed by atoms with Crippen molar-refractivity contribution in [2.45, 2.75) is 17.1 Å². The monoisotopic (exact) mass is 302 g/mol. The molecule has 1 aromatic carbocycles. The number of nitrogens with one attached hydrogen (secondary N) is 2. The van der Waals surface area contributed by atoms with Crippen molar-refractivity contribution in [3.05, 3.63) is 36.2 Å². The lowest BCUT2D eigenvalue weighted by Gasteiger charge is -2.08. The minimum atomic E-state index is -4.89. The molecule has 106 valence electrons. The van der Waals surface area contributed by atoms with Crippen LogP contribution < -0.4 is 5.32 Å². The van der Waals surface area contributed by atoms with Crippen molar-refractivity contribution in [1.29, 1.82) is 0 Å². The average Bonchev–Trinajstić information content (AvgIpc) is 2.90. The third-order valence-electron chi connectivity index (χ3n) is 2.24. The molecule has 0 aliphatic rings. The van der Waals surface area contributed by atoms with Crippen molar-refractivity contribution in [2.75, 3.05) is 5.32 Å². The molecule has 0 spiro atoms. The number of aromatic amines is 1. The number of nitrogens with zero attached hydrogens (tertiary/aromatic N) is 2. The fourth-order valence-corrected chi connectivity index (χ4v) is 2.04. The molecule has 2 aromatic rings. The van der Waals surface area contributed by atoms with Gasteiger partial charge in [0.2, 0.25) is 0 Å². The normalized spacial score (nSPS) is 11.3. The van der Waals surface area contributed by atoms with Gasteiger partial charge in [-0.2, -0.15) is 18.3 Å². The second kappa shape index (κ2) is 5.95. The molecule has 0 atom stereocenters. The molecule has 2 rings (SSSR count). The number of carbonyl (C=O) groups excluding carboxylic acids is 1. The minimum Gasteiger partial charge on any atom is -0.318 e. The van der Waals surface area contributed by atoms with Gasteiger partial charge in [0.15, 0.2) is 5.16 Å². The van der Waals surface area contributed by atoms with E-state index in [4.69, 9.17) is 0 Å². The Hall–Kier alpha value is -2.03. The summed E-state index contributed by atoms with van der Waals surface area (Å²) >= 11 is 1.41.